The zero-order valence-corrected chi connectivity index (χ0v) is 13.4. The molecule has 2 heterocycles. The van der Waals surface area contributed by atoms with Crippen molar-refractivity contribution in [2.45, 2.75) is 37.7 Å². The number of aryl methyl sites for hydroxylation is 1. The van der Waals surface area contributed by atoms with Gasteiger partial charge < -0.3 is 8.98 Å². The monoisotopic (exact) mass is 315 g/mol. The summed E-state index contributed by atoms with van der Waals surface area (Å²) in [6.07, 6.45) is 0.875. The van der Waals surface area contributed by atoms with Gasteiger partial charge in [-0.05, 0) is 19.1 Å². The quantitative estimate of drug-likeness (QED) is 0.651. The zero-order chi connectivity index (χ0) is 15.4. The van der Waals surface area contributed by atoms with Gasteiger partial charge in [0.05, 0.1) is 5.75 Å². The van der Waals surface area contributed by atoms with Gasteiger partial charge in [-0.1, -0.05) is 36.9 Å². The molecule has 114 valence electrons. The van der Waals surface area contributed by atoms with Gasteiger partial charge in [0.25, 0.3) is 0 Å². The molecule has 0 aliphatic carbocycles. The van der Waals surface area contributed by atoms with Crippen LogP contribution in [0.25, 0.3) is 11.5 Å². The number of rotatable bonds is 6. The minimum atomic E-state index is 0.544. The maximum atomic E-state index is 5.70. The summed E-state index contributed by atoms with van der Waals surface area (Å²) >= 11 is 1.56. The summed E-state index contributed by atoms with van der Waals surface area (Å²) in [5.74, 6) is 2.72. The number of nitrogens with zero attached hydrogens (tertiary/aromatic N) is 5. The lowest BCUT2D eigenvalue weighted by molar-refractivity contribution is 0.528. The Morgan fingerprint density at radius 1 is 1.05 bits per heavy atom. The second-order valence-electron chi connectivity index (χ2n) is 4.65. The summed E-state index contributed by atoms with van der Waals surface area (Å²) in [5.41, 5.74) is 0.927. The zero-order valence-electron chi connectivity index (χ0n) is 12.6. The Morgan fingerprint density at radius 3 is 2.59 bits per heavy atom. The largest absolute Gasteiger partial charge is 0.420 e. The summed E-state index contributed by atoms with van der Waals surface area (Å²) < 4.78 is 7.81. The maximum Gasteiger partial charge on any atom is 0.247 e. The van der Waals surface area contributed by atoms with E-state index in [4.69, 9.17) is 4.42 Å². The predicted molar refractivity (Wildman–Crippen MR) is 84.4 cm³/mol. The Hall–Kier alpha value is -2.15. The Labute approximate surface area is 133 Å². The van der Waals surface area contributed by atoms with Crippen LogP contribution in [0, 0.1) is 0 Å². The molecule has 0 spiro atoms. The molecule has 2 aromatic heterocycles. The SMILES string of the molecule is CCc1nnc(SCc2nnc(-c3ccccc3)o2)n1CC. The number of benzene rings is 1. The fraction of sp³-hybridized carbons (Fsp3) is 0.333. The summed E-state index contributed by atoms with van der Waals surface area (Å²) in [6.45, 7) is 5.03. The van der Waals surface area contributed by atoms with Gasteiger partial charge in [-0.15, -0.1) is 20.4 Å². The van der Waals surface area contributed by atoms with E-state index < -0.39 is 0 Å². The molecule has 0 saturated carbocycles. The van der Waals surface area contributed by atoms with E-state index in [-0.39, 0.29) is 0 Å². The first-order valence-electron chi connectivity index (χ1n) is 7.24. The van der Waals surface area contributed by atoms with E-state index in [1.165, 1.54) is 0 Å². The molecule has 0 radical (unpaired) electrons. The van der Waals surface area contributed by atoms with E-state index in [2.05, 4.69) is 38.8 Å². The first kappa shape index (κ1) is 14.8. The van der Waals surface area contributed by atoms with Gasteiger partial charge >= 0.3 is 0 Å². The molecule has 3 aromatic rings. The molecule has 7 heteroatoms. The Bertz CT molecular complexity index is 737. The van der Waals surface area contributed by atoms with Gasteiger partial charge in [0.15, 0.2) is 5.16 Å². The molecule has 0 aliphatic rings. The van der Waals surface area contributed by atoms with Crippen molar-refractivity contribution in [1.29, 1.82) is 0 Å². The number of aromatic nitrogens is 5. The van der Waals surface area contributed by atoms with Crippen molar-refractivity contribution in [3.8, 4) is 11.5 Å². The standard InChI is InChI=1S/C15H17N5OS/c1-3-12-16-19-15(20(12)4-2)22-10-13-17-18-14(21-13)11-8-6-5-7-9-11/h5-9H,3-4,10H2,1-2H3. The molecule has 0 aliphatic heterocycles. The third-order valence-corrected chi connectivity index (χ3v) is 4.19. The number of thioether (sulfide) groups is 1. The van der Waals surface area contributed by atoms with Crippen molar-refractivity contribution in [3.63, 3.8) is 0 Å². The van der Waals surface area contributed by atoms with Crippen molar-refractivity contribution in [2.24, 2.45) is 0 Å². The molecule has 0 N–H and O–H groups in total. The van der Waals surface area contributed by atoms with Gasteiger partial charge in [0, 0.05) is 18.5 Å². The first-order valence-corrected chi connectivity index (χ1v) is 8.23. The van der Waals surface area contributed by atoms with Crippen molar-refractivity contribution in [1.82, 2.24) is 25.0 Å². The van der Waals surface area contributed by atoms with Crippen molar-refractivity contribution in [3.05, 3.63) is 42.0 Å². The van der Waals surface area contributed by atoms with E-state index in [0.29, 0.717) is 17.5 Å². The first-order chi connectivity index (χ1) is 10.8. The summed E-state index contributed by atoms with van der Waals surface area (Å²) in [4.78, 5) is 0. The molecule has 3 rings (SSSR count). The van der Waals surface area contributed by atoms with Crippen LogP contribution in [0.4, 0.5) is 0 Å². The second-order valence-corrected chi connectivity index (χ2v) is 5.59. The van der Waals surface area contributed by atoms with Crippen LogP contribution in [-0.4, -0.2) is 25.0 Å². The Balaban J connectivity index is 1.70. The Kier molecular flexibility index (Phi) is 4.53. The van der Waals surface area contributed by atoms with Crippen LogP contribution < -0.4 is 0 Å². The van der Waals surface area contributed by atoms with E-state index >= 15 is 0 Å². The fourth-order valence-corrected chi connectivity index (χ4v) is 3.00. The van der Waals surface area contributed by atoms with Crippen LogP contribution in [-0.2, 0) is 18.7 Å². The fourth-order valence-electron chi connectivity index (χ4n) is 2.14. The van der Waals surface area contributed by atoms with Gasteiger partial charge in [0.1, 0.15) is 5.82 Å². The third-order valence-electron chi connectivity index (χ3n) is 3.24. The topological polar surface area (TPSA) is 69.6 Å². The lowest BCUT2D eigenvalue weighted by Crippen LogP contribution is -2.02. The second kappa shape index (κ2) is 6.74. The molecule has 6 nitrogen and oxygen atoms in total. The summed E-state index contributed by atoms with van der Waals surface area (Å²) in [7, 11) is 0. The average Bonchev–Trinajstić information content (AvgIpc) is 3.20. The summed E-state index contributed by atoms with van der Waals surface area (Å²) in [5, 5.41) is 17.5. The highest BCUT2D eigenvalue weighted by Gasteiger charge is 2.13. The molecule has 0 saturated heterocycles. The van der Waals surface area contributed by atoms with Crippen LogP contribution in [0.3, 0.4) is 0 Å². The van der Waals surface area contributed by atoms with Crippen LogP contribution in [0.1, 0.15) is 25.6 Å². The lowest BCUT2D eigenvalue weighted by atomic mass is 10.2. The molecule has 0 amide bonds. The van der Waals surface area contributed by atoms with Gasteiger partial charge in [-0.2, -0.15) is 0 Å². The van der Waals surface area contributed by atoms with Crippen LogP contribution in [0.15, 0.2) is 39.9 Å². The predicted octanol–water partition coefficient (Wildman–Crippen LogP) is 3.20. The normalized spacial score (nSPS) is 11.0. The molecular weight excluding hydrogens is 298 g/mol. The van der Waals surface area contributed by atoms with Crippen molar-refractivity contribution >= 4 is 11.8 Å². The highest BCUT2D eigenvalue weighted by atomic mass is 32.2. The lowest BCUT2D eigenvalue weighted by Gasteiger charge is -2.04. The third kappa shape index (κ3) is 3.04. The van der Waals surface area contributed by atoms with Crippen LogP contribution >= 0.6 is 11.8 Å². The maximum absolute atomic E-state index is 5.70. The highest BCUT2D eigenvalue weighted by Crippen LogP contribution is 2.24. The molecular formula is C15H17N5OS. The molecule has 0 unspecified atom stereocenters. The van der Waals surface area contributed by atoms with E-state index in [1.807, 2.05) is 30.3 Å². The molecule has 0 bridgehead atoms. The van der Waals surface area contributed by atoms with E-state index in [1.54, 1.807) is 11.8 Å². The van der Waals surface area contributed by atoms with Crippen molar-refractivity contribution < 1.29 is 4.42 Å². The van der Waals surface area contributed by atoms with Gasteiger partial charge in [-0.25, -0.2) is 0 Å². The van der Waals surface area contributed by atoms with E-state index in [0.717, 1.165) is 29.5 Å². The number of hydrogen-bond acceptors (Lipinski definition) is 6. The van der Waals surface area contributed by atoms with Crippen molar-refractivity contribution in [2.75, 3.05) is 0 Å². The van der Waals surface area contributed by atoms with Gasteiger partial charge in [0.2, 0.25) is 11.8 Å². The molecule has 0 fully saturated rings. The molecule has 22 heavy (non-hydrogen) atoms. The van der Waals surface area contributed by atoms with E-state index in [9.17, 15) is 0 Å². The molecule has 1 aromatic carbocycles. The Morgan fingerprint density at radius 2 is 1.86 bits per heavy atom. The van der Waals surface area contributed by atoms with Gasteiger partial charge in [-0.3, -0.25) is 0 Å². The summed E-state index contributed by atoms with van der Waals surface area (Å²) in [6, 6.07) is 9.75. The molecule has 0 atom stereocenters. The number of hydrogen-bond donors (Lipinski definition) is 0. The highest BCUT2D eigenvalue weighted by molar-refractivity contribution is 7.98. The minimum Gasteiger partial charge on any atom is -0.420 e. The smallest absolute Gasteiger partial charge is 0.247 e. The van der Waals surface area contributed by atoms with Crippen LogP contribution in [0.5, 0.6) is 0 Å². The minimum absolute atomic E-state index is 0.544. The average molecular weight is 315 g/mol. The van der Waals surface area contributed by atoms with Crippen LogP contribution in [0.2, 0.25) is 0 Å².